The molecule has 0 amide bonds. The first-order chi connectivity index (χ1) is 18.6. The molecular formula is C33H29NO4. The minimum absolute atomic E-state index is 0.219. The van der Waals surface area contributed by atoms with Crippen LogP contribution in [0.15, 0.2) is 106 Å². The molecule has 2 heterocycles. The summed E-state index contributed by atoms with van der Waals surface area (Å²) in [6.07, 6.45) is 0. The van der Waals surface area contributed by atoms with Gasteiger partial charge in [0.1, 0.15) is 23.8 Å². The van der Waals surface area contributed by atoms with Gasteiger partial charge in [-0.2, -0.15) is 0 Å². The molecule has 0 saturated heterocycles. The predicted octanol–water partition coefficient (Wildman–Crippen LogP) is 6.76. The highest BCUT2D eigenvalue weighted by Gasteiger charge is 2.26. The molecule has 4 aromatic carbocycles. The van der Waals surface area contributed by atoms with Crippen molar-refractivity contribution in [2.45, 2.75) is 19.4 Å². The topological polar surface area (TPSA) is 51.9 Å². The van der Waals surface area contributed by atoms with Gasteiger partial charge in [-0.05, 0) is 47.4 Å². The van der Waals surface area contributed by atoms with Crippen LogP contribution in [0.5, 0.6) is 11.5 Å². The van der Waals surface area contributed by atoms with Gasteiger partial charge in [-0.15, -0.1) is 0 Å². The first kappa shape index (κ1) is 24.0. The van der Waals surface area contributed by atoms with Crippen molar-refractivity contribution >= 4 is 11.0 Å². The Kier molecular flexibility index (Phi) is 6.44. The molecule has 5 heteroatoms. The van der Waals surface area contributed by atoms with Crippen molar-refractivity contribution in [1.29, 1.82) is 0 Å². The SMILES string of the molecule is COc1ccc(-c2cc(=O)oc3c(C)c4c(cc23)CN(CC(c2ccccc2)c2ccccc2)CO4)cc1. The van der Waals surface area contributed by atoms with E-state index in [-0.39, 0.29) is 11.5 Å². The lowest BCUT2D eigenvalue weighted by molar-refractivity contribution is 0.0917. The summed E-state index contributed by atoms with van der Waals surface area (Å²) in [5, 5.41) is 0.902. The van der Waals surface area contributed by atoms with Crippen LogP contribution in [0.3, 0.4) is 0 Å². The van der Waals surface area contributed by atoms with Crippen molar-refractivity contribution in [2.75, 3.05) is 20.4 Å². The van der Waals surface area contributed by atoms with E-state index < -0.39 is 0 Å². The molecule has 1 aliphatic rings. The lowest BCUT2D eigenvalue weighted by Gasteiger charge is -2.33. The van der Waals surface area contributed by atoms with Gasteiger partial charge in [0.2, 0.25) is 0 Å². The third-order valence-corrected chi connectivity index (χ3v) is 7.32. The van der Waals surface area contributed by atoms with E-state index in [2.05, 4.69) is 71.6 Å². The zero-order valence-electron chi connectivity index (χ0n) is 21.5. The van der Waals surface area contributed by atoms with E-state index in [4.69, 9.17) is 13.9 Å². The summed E-state index contributed by atoms with van der Waals surface area (Å²) in [6.45, 7) is 4.00. The predicted molar refractivity (Wildman–Crippen MR) is 150 cm³/mol. The number of rotatable bonds is 6. The van der Waals surface area contributed by atoms with E-state index in [0.29, 0.717) is 12.3 Å². The zero-order chi connectivity index (χ0) is 26.1. The summed E-state index contributed by atoms with van der Waals surface area (Å²) in [4.78, 5) is 14.9. The number of ether oxygens (including phenoxy) is 2. The smallest absolute Gasteiger partial charge is 0.336 e. The fourth-order valence-electron chi connectivity index (χ4n) is 5.43. The molecule has 0 bridgehead atoms. The van der Waals surface area contributed by atoms with Crippen molar-refractivity contribution in [3.8, 4) is 22.6 Å². The summed E-state index contributed by atoms with van der Waals surface area (Å²) in [7, 11) is 1.64. The first-order valence-corrected chi connectivity index (χ1v) is 12.8. The van der Waals surface area contributed by atoms with E-state index in [1.807, 2.05) is 31.2 Å². The standard InChI is InChI=1S/C33H29NO4/c1-22-32-26(17-29-28(18-31(35)38-33(22)29)25-13-15-27(36-2)16-14-25)19-34(21-37-32)20-30(23-9-5-3-6-10-23)24-11-7-4-8-12-24/h3-18,30H,19-21H2,1-2H3. The Hall–Kier alpha value is -4.35. The molecule has 0 spiro atoms. The second kappa shape index (κ2) is 10.2. The summed E-state index contributed by atoms with van der Waals surface area (Å²) in [6, 6.07) is 32.7. The highest BCUT2D eigenvalue weighted by atomic mass is 16.5. The molecule has 0 saturated carbocycles. The molecule has 0 unspecified atom stereocenters. The van der Waals surface area contributed by atoms with Gasteiger partial charge in [0.05, 0.1) is 7.11 Å². The maximum absolute atomic E-state index is 12.5. The summed E-state index contributed by atoms with van der Waals surface area (Å²) in [5.74, 6) is 1.79. The van der Waals surface area contributed by atoms with Crippen LogP contribution >= 0.6 is 0 Å². The van der Waals surface area contributed by atoms with Gasteiger partial charge in [-0.1, -0.05) is 72.8 Å². The average Bonchev–Trinajstić information content (AvgIpc) is 2.97. The molecule has 0 aliphatic carbocycles. The van der Waals surface area contributed by atoms with Gasteiger partial charge in [0.15, 0.2) is 0 Å². The molecule has 38 heavy (non-hydrogen) atoms. The Bertz CT molecular complexity index is 1590. The number of fused-ring (bicyclic) bond motifs is 2. The number of hydrogen-bond donors (Lipinski definition) is 0. The Labute approximate surface area is 221 Å². The normalized spacial score (nSPS) is 13.3. The minimum Gasteiger partial charge on any atom is -0.497 e. The molecule has 190 valence electrons. The summed E-state index contributed by atoms with van der Waals surface area (Å²) < 4.78 is 17.3. The highest BCUT2D eigenvalue weighted by Crippen LogP contribution is 2.39. The van der Waals surface area contributed by atoms with Crippen molar-refractivity contribution in [3.05, 3.63) is 130 Å². The van der Waals surface area contributed by atoms with Gasteiger partial charge >= 0.3 is 5.63 Å². The van der Waals surface area contributed by atoms with Crippen LogP contribution in [0.4, 0.5) is 0 Å². The van der Waals surface area contributed by atoms with Gasteiger partial charge in [0, 0.05) is 41.6 Å². The van der Waals surface area contributed by atoms with Crippen LogP contribution in [0.25, 0.3) is 22.1 Å². The highest BCUT2D eigenvalue weighted by molar-refractivity contribution is 5.96. The van der Waals surface area contributed by atoms with Gasteiger partial charge < -0.3 is 13.9 Å². The van der Waals surface area contributed by atoms with E-state index >= 15 is 0 Å². The van der Waals surface area contributed by atoms with E-state index in [0.717, 1.165) is 52.2 Å². The molecule has 1 aromatic heterocycles. The van der Waals surface area contributed by atoms with Crippen molar-refractivity contribution in [1.82, 2.24) is 4.90 Å². The van der Waals surface area contributed by atoms with E-state index in [1.165, 1.54) is 11.1 Å². The largest absolute Gasteiger partial charge is 0.497 e. The maximum Gasteiger partial charge on any atom is 0.336 e. The summed E-state index contributed by atoms with van der Waals surface area (Å²) in [5.41, 5.74) is 6.47. The van der Waals surface area contributed by atoms with Gasteiger partial charge in [-0.25, -0.2) is 4.79 Å². The monoisotopic (exact) mass is 503 g/mol. The zero-order valence-corrected chi connectivity index (χ0v) is 21.5. The summed E-state index contributed by atoms with van der Waals surface area (Å²) >= 11 is 0. The molecule has 0 N–H and O–H groups in total. The molecule has 0 atom stereocenters. The second-order valence-electron chi connectivity index (χ2n) is 9.73. The second-order valence-corrected chi connectivity index (χ2v) is 9.73. The fourth-order valence-corrected chi connectivity index (χ4v) is 5.43. The van der Waals surface area contributed by atoms with Crippen LogP contribution in [0, 0.1) is 6.92 Å². The Morgan fingerprint density at radius 3 is 2.18 bits per heavy atom. The number of aryl methyl sites for hydroxylation is 1. The molecule has 1 aliphatic heterocycles. The van der Waals surface area contributed by atoms with Crippen LogP contribution in [0.2, 0.25) is 0 Å². The average molecular weight is 504 g/mol. The Morgan fingerprint density at radius 2 is 1.55 bits per heavy atom. The van der Waals surface area contributed by atoms with E-state index in [9.17, 15) is 4.79 Å². The third-order valence-electron chi connectivity index (χ3n) is 7.32. The number of benzene rings is 4. The van der Waals surface area contributed by atoms with Gasteiger partial charge in [0.25, 0.3) is 0 Å². The Balaban J connectivity index is 1.38. The van der Waals surface area contributed by atoms with Crippen LogP contribution in [-0.2, 0) is 6.54 Å². The number of methoxy groups -OCH3 is 1. The maximum atomic E-state index is 12.5. The molecular weight excluding hydrogens is 474 g/mol. The Morgan fingerprint density at radius 1 is 0.895 bits per heavy atom. The fraction of sp³-hybridized carbons (Fsp3) is 0.182. The molecule has 5 aromatic rings. The van der Waals surface area contributed by atoms with Crippen LogP contribution in [0.1, 0.15) is 28.2 Å². The van der Waals surface area contributed by atoms with Crippen molar-refractivity contribution in [3.63, 3.8) is 0 Å². The number of hydrogen-bond acceptors (Lipinski definition) is 5. The molecule has 0 radical (unpaired) electrons. The van der Waals surface area contributed by atoms with Crippen molar-refractivity contribution in [2.24, 2.45) is 0 Å². The van der Waals surface area contributed by atoms with Gasteiger partial charge in [-0.3, -0.25) is 4.90 Å². The molecule has 6 rings (SSSR count). The molecule has 0 fully saturated rings. The minimum atomic E-state index is -0.377. The van der Waals surface area contributed by atoms with Crippen molar-refractivity contribution < 1.29 is 13.9 Å². The molecule has 5 nitrogen and oxygen atoms in total. The number of nitrogens with zero attached hydrogens (tertiary/aromatic N) is 1. The first-order valence-electron chi connectivity index (χ1n) is 12.8. The van der Waals surface area contributed by atoms with Crippen LogP contribution < -0.4 is 15.1 Å². The lowest BCUT2D eigenvalue weighted by atomic mass is 9.90. The van der Waals surface area contributed by atoms with Crippen LogP contribution in [-0.4, -0.2) is 25.3 Å². The third kappa shape index (κ3) is 4.57. The quantitative estimate of drug-likeness (QED) is 0.240. The van der Waals surface area contributed by atoms with E-state index in [1.54, 1.807) is 13.2 Å². The lowest BCUT2D eigenvalue weighted by Crippen LogP contribution is -2.35.